The monoisotopic (exact) mass is 258 g/mol. The molecule has 0 saturated carbocycles. The Labute approximate surface area is 93.0 Å². The summed E-state index contributed by atoms with van der Waals surface area (Å²) in [7, 11) is 0. The zero-order valence-corrected chi connectivity index (χ0v) is 10.3. The van der Waals surface area contributed by atoms with Crippen LogP contribution in [0.5, 0.6) is 5.88 Å². The maximum absolute atomic E-state index is 5.34. The molecule has 0 fully saturated rings. The van der Waals surface area contributed by atoms with Gasteiger partial charge in [-0.3, -0.25) is 0 Å². The first-order chi connectivity index (χ1) is 6.61. The lowest BCUT2D eigenvalue weighted by atomic mass is 10.2. The Morgan fingerprint density at radius 3 is 2.79 bits per heavy atom. The van der Waals surface area contributed by atoms with Crippen molar-refractivity contribution in [2.75, 3.05) is 6.61 Å². The second-order valence-corrected chi connectivity index (χ2v) is 4.73. The lowest BCUT2D eigenvalue weighted by Crippen LogP contribution is -2.04. The molecule has 0 bridgehead atoms. The fraction of sp³-hybridized carbons (Fsp3) is 0.600. The van der Waals surface area contributed by atoms with Gasteiger partial charge in [0.2, 0.25) is 5.88 Å². The summed E-state index contributed by atoms with van der Waals surface area (Å²) in [5.41, 5.74) is 1.02. The first-order valence-corrected chi connectivity index (χ1v) is 5.64. The van der Waals surface area contributed by atoms with Crippen LogP contribution >= 0.6 is 15.9 Å². The van der Waals surface area contributed by atoms with E-state index in [1.165, 1.54) is 0 Å². The van der Waals surface area contributed by atoms with E-state index in [2.05, 4.69) is 32.8 Å². The predicted molar refractivity (Wildman–Crippen MR) is 60.0 cm³/mol. The highest BCUT2D eigenvalue weighted by Gasteiger charge is 2.05. The Bertz CT molecular complexity index is 302. The van der Waals surface area contributed by atoms with Crippen LogP contribution in [0.15, 0.2) is 6.07 Å². The van der Waals surface area contributed by atoms with Gasteiger partial charge in [-0.1, -0.05) is 22.9 Å². The molecule has 1 aromatic rings. The van der Waals surface area contributed by atoms with E-state index >= 15 is 0 Å². The second kappa shape index (κ2) is 5.29. The summed E-state index contributed by atoms with van der Waals surface area (Å²) in [6.07, 6.45) is 0.892. The van der Waals surface area contributed by atoms with Gasteiger partial charge in [0, 0.05) is 23.0 Å². The number of aromatic nitrogens is 2. The Kier molecular flexibility index (Phi) is 4.32. The molecule has 1 rings (SSSR count). The molecular formula is C10H15BrN2O. The zero-order valence-electron chi connectivity index (χ0n) is 8.75. The molecular weight excluding hydrogens is 244 g/mol. The fourth-order valence-electron chi connectivity index (χ4n) is 1.21. The third kappa shape index (κ3) is 3.62. The molecule has 0 N–H and O–H groups in total. The summed E-state index contributed by atoms with van der Waals surface area (Å²) in [5.74, 6) is 1.43. The van der Waals surface area contributed by atoms with Gasteiger partial charge in [-0.2, -0.15) is 4.98 Å². The molecule has 0 aromatic carbocycles. The summed E-state index contributed by atoms with van der Waals surface area (Å²) in [6, 6.07) is 1.90. The van der Waals surface area contributed by atoms with Gasteiger partial charge in [-0.05, 0) is 13.8 Å². The quantitative estimate of drug-likeness (QED) is 0.779. The van der Waals surface area contributed by atoms with Crippen LogP contribution in [-0.4, -0.2) is 21.4 Å². The Hall–Kier alpha value is -0.640. The van der Waals surface area contributed by atoms with Crippen molar-refractivity contribution in [1.82, 2.24) is 9.97 Å². The van der Waals surface area contributed by atoms with E-state index in [0.29, 0.717) is 17.3 Å². The first-order valence-electron chi connectivity index (χ1n) is 4.73. The molecule has 1 atom stereocenters. The highest BCUT2D eigenvalue weighted by molar-refractivity contribution is 9.09. The molecule has 4 heteroatoms. The van der Waals surface area contributed by atoms with Crippen molar-refractivity contribution in [3.05, 3.63) is 17.6 Å². The zero-order chi connectivity index (χ0) is 10.6. The lowest BCUT2D eigenvalue weighted by Gasteiger charge is -2.07. The van der Waals surface area contributed by atoms with Gasteiger partial charge in [0.05, 0.1) is 6.61 Å². The minimum atomic E-state index is 0.422. The highest BCUT2D eigenvalue weighted by Crippen LogP contribution is 2.13. The summed E-state index contributed by atoms with van der Waals surface area (Å²) in [4.78, 5) is 8.94. The van der Waals surface area contributed by atoms with Crippen LogP contribution in [0.2, 0.25) is 0 Å². The van der Waals surface area contributed by atoms with Crippen molar-refractivity contribution >= 4 is 15.9 Å². The van der Waals surface area contributed by atoms with Crippen LogP contribution in [0.1, 0.15) is 25.4 Å². The number of nitrogens with zero attached hydrogens (tertiary/aromatic N) is 2. The number of halogens is 1. The number of ether oxygens (including phenoxy) is 1. The van der Waals surface area contributed by atoms with E-state index < -0.39 is 0 Å². The molecule has 0 aliphatic heterocycles. The summed E-state index contributed by atoms with van der Waals surface area (Å²) >= 11 is 3.50. The van der Waals surface area contributed by atoms with Gasteiger partial charge in [-0.15, -0.1) is 0 Å². The van der Waals surface area contributed by atoms with Crippen molar-refractivity contribution in [1.29, 1.82) is 0 Å². The number of rotatable bonds is 4. The first kappa shape index (κ1) is 11.4. The lowest BCUT2D eigenvalue weighted by molar-refractivity contribution is 0.324. The van der Waals surface area contributed by atoms with E-state index in [4.69, 9.17) is 4.74 Å². The number of hydrogen-bond donors (Lipinski definition) is 0. The standard InChI is InChI=1S/C10H15BrN2O/c1-4-14-10-6-9(5-7(2)11)12-8(3)13-10/h6-7H,4-5H2,1-3H3. The molecule has 0 amide bonds. The second-order valence-electron chi connectivity index (χ2n) is 3.16. The van der Waals surface area contributed by atoms with Crippen molar-refractivity contribution in [2.45, 2.75) is 32.0 Å². The molecule has 3 nitrogen and oxygen atoms in total. The summed E-state index contributed by atoms with van der Waals surface area (Å²) < 4.78 is 5.34. The largest absolute Gasteiger partial charge is 0.478 e. The van der Waals surface area contributed by atoms with E-state index in [0.717, 1.165) is 17.9 Å². The van der Waals surface area contributed by atoms with Crippen LogP contribution in [0.4, 0.5) is 0 Å². The molecule has 0 spiro atoms. The third-order valence-corrected chi connectivity index (χ3v) is 1.97. The Morgan fingerprint density at radius 2 is 2.21 bits per heavy atom. The molecule has 0 radical (unpaired) electrons. The van der Waals surface area contributed by atoms with Crippen LogP contribution in [0.3, 0.4) is 0 Å². The maximum atomic E-state index is 5.34. The minimum Gasteiger partial charge on any atom is -0.478 e. The van der Waals surface area contributed by atoms with Gasteiger partial charge >= 0.3 is 0 Å². The summed E-state index contributed by atoms with van der Waals surface area (Å²) in [5, 5.41) is 0. The predicted octanol–water partition coefficient (Wildman–Crippen LogP) is 2.51. The maximum Gasteiger partial charge on any atom is 0.216 e. The van der Waals surface area contributed by atoms with Crippen molar-refractivity contribution in [3.8, 4) is 5.88 Å². The fourth-order valence-corrected chi connectivity index (χ4v) is 1.55. The van der Waals surface area contributed by atoms with Gasteiger partial charge in [0.15, 0.2) is 0 Å². The Morgan fingerprint density at radius 1 is 1.50 bits per heavy atom. The highest BCUT2D eigenvalue weighted by atomic mass is 79.9. The molecule has 0 aliphatic carbocycles. The molecule has 1 unspecified atom stereocenters. The van der Waals surface area contributed by atoms with Gasteiger partial charge in [0.1, 0.15) is 5.82 Å². The number of aryl methyl sites for hydroxylation is 1. The molecule has 78 valence electrons. The van der Waals surface area contributed by atoms with Crippen molar-refractivity contribution < 1.29 is 4.74 Å². The average molecular weight is 259 g/mol. The van der Waals surface area contributed by atoms with Gasteiger partial charge in [-0.25, -0.2) is 4.98 Å². The van der Waals surface area contributed by atoms with Crippen LogP contribution < -0.4 is 4.74 Å². The topological polar surface area (TPSA) is 35.0 Å². The normalized spacial score (nSPS) is 12.6. The van der Waals surface area contributed by atoms with E-state index in [9.17, 15) is 0 Å². The van der Waals surface area contributed by atoms with E-state index in [1.807, 2.05) is 19.9 Å². The molecule has 0 saturated heterocycles. The molecule has 14 heavy (non-hydrogen) atoms. The van der Waals surface area contributed by atoms with Crippen LogP contribution in [0, 0.1) is 6.92 Å². The van der Waals surface area contributed by atoms with E-state index in [-0.39, 0.29) is 0 Å². The molecule has 1 heterocycles. The average Bonchev–Trinajstić information content (AvgIpc) is 2.01. The van der Waals surface area contributed by atoms with Crippen LogP contribution in [-0.2, 0) is 6.42 Å². The smallest absolute Gasteiger partial charge is 0.216 e. The minimum absolute atomic E-state index is 0.422. The van der Waals surface area contributed by atoms with Gasteiger partial charge in [0.25, 0.3) is 0 Å². The SMILES string of the molecule is CCOc1cc(CC(C)Br)nc(C)n1. The van der Waals surface area contributed by atoms with Crippen LogP contribution in [0.25, 0.3) is 0 Å². The summed E-state index contributed by atoms with van der Waals surface area (Å²) in [6.45, 7) is 6.56. The van der Waals surface area contributed by atoms with Gasteiger partial charge < -0.3 is 4.74 Å². The molecule has 1 aromatic heterocycles. The number of alkyl halides is 1. The third-order valence-electron chi connectivity index (χ3n) is 1.65. The molecule has 0 aliphatic rings. The van der Waals surface area contributed by atoms with Crippen molar-refractivity contribution in [3.63, 3.8) is 0 Å². The van der Waals surface area contributed by atoms with E-state index in [1.54, 1.807) is 0 Å². The van der Waals surface area contributed by atoms with Crippen molar-refractivity contribution in [2.24, 2.45) is 0 Å². The Balaban J connectivity index is 2.83. The number of hydrogen-bond acceptors (Lipinski definition) is 3.